The fraction of sp³-hybridized carbons (Fsp3) is 0. The second-order valence-electron chi connectivity index (χ2n) is 3.32. The van der Waals surface area contributed by atoms with Gasteiger partial charge in [-0.2, -0.15) is 0 Å². The average molecular weight is 239 g/mol. The molecule has 0 aliphatic heterocycles. The first kappa shape index (κ1) is 11.8. The van der Waals surface area contributed by atoms with E-state index in [-0.39, 0.29) is 0 Å². The first-order chi connectivity index (χ1) is 8.95. The summed E-state index contributed by atoms with van der Waals surface area (Å²) >= 11 is 0. The van der Waals surface area contributed by atoms with Gasteiger partial charge in [0.05, 0.1) is 6.33 Å². The standard InChI is InChI=1S/C10H9N3.C3H4N2/c1-3-7-11-9(5-1)13-10-6-2-4-8-12-10;1-2-5-3-4-1/h1-8H,(H,11,12,13);1-3H,(H,4,5). The van der Waals surface area contributed by atoms with Gasteiger partial charge in [-0.3, -0.25) is 0 Å². The lowest BCUT2D eigenvalue weighted by molar-refractivity contribution is 1.25. The van der Waals surface area contributed by atoms with Crippen LogP contribution in [0.15, 0.2) is 67.5 Å². The van der Waals surface area contributed by atoms with Crippen LogP contribution in [0.25, 0.3) is 0 Å². The highest BCUT2D eigenvalue weighted by Crippen LogP contribution is 2.08. The fourth-order valence-corrected chi connectivity index (χ4v) is 1.22. The lowest BCUT2D eigenvalue weighted by Crippen LogP contribution is -1.93. The predicted octanol–water partition coefficient (Wildman–Crippen LogP) is 2.63. The summed E-state index contributed by atoms with van der Waals surface area (Å²) < 4.78 is 0. The Balaban J connectivity index is 0.000000202. The molecule has 0 aliphatic rings. The Bertz CT molecular complexity index is 467. The molecule has 3 heterocycles. The molecule has 5 heteroatoms. The van der Waals surface area contributed by atoms with Gasteiger partial charge in [0, 0.05) is 24.8 Å². The largest absolute Gasteiger partial charge is 0.351 e. The van der Waals surface area contributed by atoms with Crippen LogP contribution in [0.5, 0.6) is 0 Å². The molecule has 0 bridgehead atoms. The molecule has 3 rings (SSSR count). The van der Waals surface area contributed by atoms with Crippen molar-refractivity contribution in [2.24, 2.45) is 0 Å². The Morgan fingerprint density at radius 3 is 1.83 bits per heavy atom. The third-order valence-corrected chi connectivity index (χ3v) is 1.99. The molecule has 0 atom stereocenters. The third-order valence-electron chi connectivity index (χ3n) is 1.99. The first-order valence-corrected chi connectivity index (χ1v) is 5.47. The lowest BCUT2D eigenvalue weighted by Gasteiger charge is -2.02. The number of hydrogen-bond acceptors (Lipinski definition) is 4. The monoisotopic (exact) mass is 239 g/mol. The van der Waals surface area contributed by atoms with E-state index in [1.54, 1.807) is 31.1 Å². The molecule has 0 aromatic carbocycles. The van der Waals surface area contributed by atoms with Crippen molar-refractivity contribution < 1.29 is 0 Å². The van der Waals surface area contributed by atoms with Crippen LogP contribution < -0.4 is 5.32 Å². The number of anilines is 2. The van der Waals surface area contributed by atoms with Gasteiger partial charge in [-0.15, -0.1) is 0 Å². The summed E-state index contributed by atoms with van der Waals surface area (Å²) in [4.78, 5) is 14.7. The van der Waals surface area contributed by atoms with Gasteiger partial charge < -0.3 is 10.3 Å². The topological polar surface area (TPSA) is 66.5 Å². The highest BCUT2D eigenvalue weighted by molar-refractivity contribution is 5.50. The molecule has 0 saturated carbocycles. The van der Waals surface area contributed by atoms with Gasteiger partial charge in [0.15, 0.2) is 0 Å². The third kappa shape index (κ3) is 4.05. The number of pyridine rings is 2. The van der Waals surface area contributed by atoms with E-state index in [1.165, 1.54) is 0 Å². The zero-order chi connectivity index (χ0) is 12.5. The SMILES string of the molecule is c1c[nH]cn1.c1ccc(Nc2ccccn2)nc1. The molecule has 0 spiro atoms. The number of rotatable bonds is 2. The van der Waals surface area contributed by atoms with E-state index >= 15 is 0 Å². The van der Waals surface area contributed by atoms with Crippen LogP contribution in [0, 0.1) is 0 Å². The van der Waals surface area contributed by atoms with Crippen molar-refractivity contribution in [2.45, 2.75) is 0 Å². The van der Waals surface area contributed by atoms with Gasteiger partial charge in [0.1, 0.15) is 11.6 Å². The van der Waals surface area contributed by atoms with E-state index in [0.29, 0.717) is 0 Å². The molecule has 90 valence electrons. The molecule has 0 unspecified atom stereocenters. The molecule has 3 aromatic heterocycles. The smallest absolute Gasteiger partial charge is 0.131 e. The van der Waals surface area contributed by atoms with E-state index in [9.17, 15) is 0 Å². The number of aromatic nitrogens is 4. The minimum atomic E-state index is 0.807. The summed E-state index contributed by atoms with van der Waals surface area (Å²) in [6, 6.07) is 11.4. The van der Waals surface area contributed by atoms with Crippen LogP contribution in [-0.4, -0.2) is 19.9 Å². The minimum Gasteiger partial charge on any atom is -0.351 e. The zero-order valence-electron chi connectivity index (χ0n) is 9.69. The maximum absolute atomic E-state index is 4.12. The Labute approximate surface area is 105 Å². The Kier molecular flexibility index (Phi) is 4.45. The second-order valence-corrected chi connectivity index (χ2v) is 3.32. The highest BCUT2D eigenvalue weighted by Gasteiger charge is 1.92. The van der Waals surface area contributed by atoms with Crippen LogP contribution in [0.4, 0.5) is 11.6 Å². The Morgan fingerprint density at radius 1 is 0.833 bits per heavy atom. The van der Waals surface area contributed by atoms with E-state index in [0.717, 1.165) is 11.6 Å². The number of hydrogen-bond donors (Lipinski definition) is 2. The number of nitrogens with zero attached hydrogens (tertiary/aromatic N) is 3. The molecular weight excluding hydrogens is 226 g/mol. The molecule has 0 aliphatic carbocycles. The Hall–Kier alpha value is -2.69. The highest BCUT2D eigenvalue weighted by atomic mass is 15.0. The van der Waals surface area contributed by atoms with Gasteiger partial charge in [0.2, 0.25) is 0 Å². The van der Waals surface area contributed by atoms with Gasteiger partial charge in [-0.1, -0.05) is 12.1 Å². The van der Waals surface area contributed by atoms with Crippen LogP contribution >= 0.6 is 0 Å². The number of imidazole rings is 1. The molecule has 0 amide bonds. The van der Waals surface area contributed by atoms with Crippen LogP contribution in [-0.2, 0) is 0 Å². The summed E-state index contributed by atoms with van der Waals surface area (Å²) in [5.74, 6) is 1.61. The maximum Gasteiger partial charge on any atom is 0.131 e. The van der Waals surface area contributed by atoms with Gasteiger partial charge in [-0.05, 0) is 24.3 Å². The molecule has 0 radical (unpaired) electrons. The number of aromatic amines is 1. The molecule has 0 fully saturated rings. The van der Waals surface area contributed by atoms with Crippen molar-refractivity contribution in [3.8, 4) is 0 Å². The summed E-state index contributed by atoms with van der Waals surface area (Å²) in [7, 11) is 0. The number of nitrogens with one attached hydrogen (secondary N) is 2. The molecule has 3 aromatic rings. The average Bonchev–Trinajstić information content (AvgIpc) is 3.00. The molecule has 0 saturated heterocycles. The molecule has 5 nitrogen and oxygen atoms in total. The van der Waals surface area contributed by atoms with Crippen molar-refractivity contribution in [1.29, 1.82) is 0 Å². The van der Waals surface area contributed by atoms with E-state index in [4.69, 9.17) is 0 Å². The van der Waals surface area contributed by atoms with E-state index in [1.807, 2.05) is 36.4 Å². The first-order valence-electron chi connectivity index (χ1n) is 5.47. The second kappa shape index (κ2) is 6.80. The lowest BCUT2D eigenvalue weighted by atomic mass is 10.4. The quantitative estimate of drug-likeness (QED) is 0.721. The summed E-state index contributed by atoms with van der Waals surface area (Å²) in [6.45, 7) is 0. The summed E-state index contributed by atoms with van der Waals surface area (Å²) in [6.07, 6.45) is 8.57. The minimum absolute atomic E-state index is 0.807. The van der Waals surface area contributed by atoms with Gasteiger partial charge in [-0.25, -0.2) is 15.0 Å². The van der Waals surface area contributed by atoms with Gasteiger partial charge in [0.25, 0.3) is 0 Å². The van der Waals surface area contributed by atoms with Crippen molar-refractivity contribution in [2.75, 3.05) is 5.32 Å². The predicted molar refractivity (Wildman–Crippen MR) is 70.3 cm³/mol. The summed E-state index contributed by atoms with van der Waals surface area (Å²) in [5.41, 5.74) is 0. The normalized spacial score (nSPS) is 9.11. The molecule has 2 N–H and O–H groups in total. The maximum atomic E-state index is 4.12. The fourth-order valence-electron chi connectivity index (χ4n) is 1.22. The van der Waals surface area contributed by atoms with E-state index < -0.39 is 0 Å². The van der Waals surface area contributed by atoms with Crippen LogP contribution in [0.2, 0.25) is 0 Å². The van der Waals surface area contributed by atoms with Crippen molar-refractivity contribution in [3.05, 3.63) is 67.5 Å². The van der Waals surface area contributed by atoms with Crippen LogP contribution in [0.3, 0.4) is 0 Å². The Morgan fingerprint density at radius 2 is 1.50 bits per heavy atom. The number of H-pyrrole nitrogens is 1. The zero-order valence-corrected chi connectivity index (χ0v) is 9.69. The summed E-state index contributed by atoms with van der Waals surface area (Å²) in [5, 5.41) is 3.08. The molecular formula is C13H13N5. The van der Waals surface area contributed by atoms with Crippen molar-refractivity contribution in [3.63, 3.8) is 0 Å². The van der Waals surface area contributed by atoms with Gasteiger partial charge >= 0.3 is 0 Å². The van der Waals surface area contributed by atoms with Crippen molar-refractivity contribution in [1.82, 2.24) is 19.9 Å². The van der Waals surface area contributed by atoms with Crippen molar-refractivity contribution >= 4 is 11.6 Å². The van der Waals surface area contributed by atoms with Crippen LogP contribution in [0.1, 0.15) is 0 Å². The van der Waals surface area contributed by atoms with E-state index in [2.05, 4.69) is 25.3 Å². The molecule has 18 heavy (non-hydrogen) atoms.